The van der Waals surface area contributed by atoms with Crippen molar-refractivity contribution in [1.82, 2.24) is 15.3 Å². The molecule has 1 unspecified atom stereocenters. The van der Waals surface area contributed by atoms with E-state index in [1.165, 1.54) is 16.0 Å². The molecule has 0 amide bonds. The summed E-state index contributed by atoms with van der Waals surface area (Å²) in [5, 5.41) is 7.79. The molecule has 3 aromatic rings. The van der Waals surface area contributed by atoms with Crippen LogP contribution in [0.3, 0.4) is 0 Å². The molecule has 0 bridgehead atoms. The summed E-state index contributed by atoms with van der Waals surface area (Å²) in [7, 11) is 1.69. The number of fused-ring (bicyclic) bond motifs is 1. The molecule has 0 saturated carbocycles. The van der Waals surface area contributed by atoms with Gasteiger partial charge >= 0.3 is 5.96 Å². The highest BCUT2D eigenvalue weighted by Gasteiger charge is 2.21. The fourth-order valence-electron chi connectivity index (χ4n) is 3.51. The number of methoxy groups -OCH3 is 1. The molecule has 1 atom stereocenters. The van der Waals surface area contributed by atoms with E-state index >= 15 is 0 Å². The smallest absolute Gasteiger partial charge is 0.359 e. The van der Waals surface area contributed by atoms with Crippen molar-refractivity contribution in [1.29, 1.82) is 0 Å². The first kappa shape index (κ1) is 19.1. The normalized spacial score (nSPS) is 16.2. The summed E-state index contributed by atoms with van der Waals surface area (Å²) in [6, 6.07) is 14.6. The van der Waals surface area contributed by atoms with Crippen molar-refractivity contribution in [2.75, 3.05) is 25.8 Å². The van der Waals surface area contributed by atoms with Crippen molar-refractivity contribution in [3.63, 3.8) is 0 Å². The van der Waals surface area contributed by atoms with Crippen LogP contribution in [0.5, 0.6) is 5.75 Å². The van der Waals surface area contributed by atoms with E-state index in [1.807, 2.05) is 19.1 Å². The van der Waals surface area contributed by atoms with Crippen molar-refractivity contribution < 1.29 is 14.6 Å². The van der Waals surface area contributed by atoms with Gasteiger partial charge in [-0.25, -0.2) is 20.6 Å². The van der Waals surface area contributed by atoms with Crippen LogP contribution in [0.1, 0.15) is 23.7 Å². The van der Waals surface area contributed by atoms with Crippen molar-refractivity contribution in [3.8, 4) is 5.75 Å². The Bertz CT molecular complexity index is 1030. The largest absolute Gasteiger partial charge is 0.497 e. The Balaban J connectivity index is 1.41. The Morgan fingerprint density at radius 3 is 2.62 bits per heavy atom. The van der Waals surface area contributed by atoms with Crippen LogP contribution < -0.4 is 25.3 Å². The van der Waals surface area contributed by atoms with E-state index in [0.717, 1.165) is 54.6 Å². The van der Waals surface area contributed by atoms with E-state index in [2.05, 4.69) is 62.8 Å². The van der Waals surface area contributed by atoms with Gasteiger partial charge in [0.25, 0.3) is 5.95 Å². The zero-order chi connectivity index (χ0) is 20.2. The molecule has 0 radical (unpaired) electrons. The molecule has 0 saturated heterocycles. The Hall–Kier alpha value is -3.19. The molecule has 0 aliphatic carbocycles. The number of ether oxygens (including phenoxy) is 1. The number of quaternary nitrogens is 1. The Morgan fingerprint density at radius 1 is 1.14 bits per heavy atom. The highest BCUT2D eigenvalue weighted by Crippen LogP contribution is 2.19. The second-order valence-electron chi connectivity index (χ2n) is 7.32. The minimum Gasteiger partial charge on any atom is -0.497 e. The monoisotopic (exact) mass is 392 g/mol. The number of nitrogens with one attached hydrogen (secondary N) is 4. The maximum absolute atomic E-state index is 5.22. The molecule has 150 valence electrons. The molecule has 7 nitrogen and oxygen atoms in total. The molecule has 2 heterocycles. The molecule has 4 rings (SSSR count). The van der Waals surface area contributed by atoms with Crippen LogP contribution >= 0.6 is 0 Å². The fourth-order valence-corrected chi connectivity index (χ4v) is 3.51. The van der Waals surface area contributed by atoms with Gasteiger partial charge in [-0.05, 0) is 55.3 Å². The van der Waals surface area contributed by atoms with Gasteiger partial charge in [0.1, 0.15) is 12.3 Å². The van der Waals surface area contributed by atoms with Gasteiger partial charge < -0.3 is 4.74 Å². The molecule has 0 spiro atoms. The first-order chi connectivity index (χ1) is 14.1. The topological polar surface area (TPSA) is 77.5 Å². The lowest BCUT2D eigenvalue weighted by molar-refractivity contribution is -0.991. The minimum absolute atomic E-state index is 0.604. The fraction of sp³-hybridized carbons (Fsp3) is 0.318. The van der Waals surface area contributed by atoms with Crippen LogP contribution in [0.25, 0.3) is 10.9 Å². The Labute approximate surface area is 170 Å². The molecule has 1 aliphatic rings. The van der Waals surface area contributed by atoms with Crippen LogP contribution in [0, 0.1) is 6.92 Å². The second kappa shape index (κ2) is 8.45. The molecule has 29 heavy (non-hydrogen) atoms. The van der Waals surface area contributed by atoms with Gasteiger partial charge in [-0.1, -0.05) is 13.0 Å². The standard InChI is InChI=1S/C22H26N6O/c1-4-16-7-10-20-19(11-16)15(2)25-22(26-20)27-21-23-13-28(14-24-21)12-17-5-8-18(29-3)9-6-17/h5-11H,4,12-14H2,1-3H3,(H2,23,24,25,26,27)/p+2. The molecule has 1 aromatic heterocycles. The van der Waals surface area contributed by atoms with Gasteiger partial charge in [-0.2, -0.15) is 4.98 Å². The van der Waals surface area contributed by atoms with Crippen LogP contribution in [-0.4, -0.2) is 36.4 Å². The number of aromatic nitrogens is 2. The van der Waals surface area contributed by atoms with E-state index in [1.54, 1.807) is 7.11 Å². The molecule has 1 aliphatic heterocycles. The second-order valence-corrected chi connectivity index (χ2v) is 7.32. The van der Waals surface area contributed by atoms with Gasteiger partial charge in [-0.15, -0.1) is 0 Å². The Morgan fingerprint density at radius 2 is 1.93 bits per heavy atom. The number of hydrogen-bond acceptors (Lipinski definition) is 5. The van der Waals surface area contributed by atoms with E-state index in [0.29, 0.717) is 5.95 Å². The maximum atomic E-state index is 5.22. The molecular formula is C22H28N6O+2. The van der Waals surface area contributed by atoms with Gasteiger partial charge in [0.15, 0.2) is 13.3 Å². The van der Waals surface area contributed by atoms with Crippen molar-refractivity contribution in [3.05, 3.63) is 59.3 Å². The zero-order valence-electron chi connectivity index (χ0n) is 17.2. The van der Waals surface area contributed by atoms with Crippen molar-refractivity contribution in [2.45, 2.75) is 26.8 Å². The number of guanidine groups is 1. The van der Waals surface area contributed by atoms with E-state index in [4.69, 9.17) is 4.74 Å². The SMILES string of the molecule is CCc1ccc2nc(NC3=[NH+]C[NH+](Cc4ccc(OC)cc4)CN3)nc(C)c2c1. The number of rotatable bonds is 5. The summed E-state index contributed by atoms with van der Waals surface area (Å²) in [6.07, 6.45) is 1.01. The quantitative estimate of drug-likeness (QED) is 0.490. The van der Waals surface area contributed by atoms with E-state index in [9.17, 15) is 0 Å². The predicted octanol–water partition coefficient (Wildman–Crippen LogP) is -0.0390. The number of aryl methyl sites for hydroxylation is 2. The third-order valence-electron chi connectivity index (χ3n) is 5.24. The zero-order valence-corrected chi connectivity index (χ0v) is 17.2. The highest BCUT2D eigenvalue weighted by atomic mass is 16.5. The molecular weight excluding hydrogens is 364 g/mol. The van der Waals surface area contributed by atoms with Crippen molar-refractivity contribution in [2.24, 2.45) is 0 Å². The Kier molecular flexibility index (Phi) is 5.57. The summed E-state index contributed by atoms with van der Waals surface area (Å²) >= 11 is 0. The summed E-state index contributed by atoms with van der Waals surface area (Å²) in [5.74, 6) is 2.33. The number of hydrogen-bond donors (Lipinski definition) is 4. The van der Waals surface area contributed by atoms with Crippen LogP contribution in [0.4, 0.5) is 5.95 Å². The summed E-state index contributed by atoms with van der Waals surface area (Å²) in [5.41, 5.74) is 4.52. The lowest BCUT2D eigenvalue weighted by Crippen LogP contribution is -3.23. The maximum Gasteiger partial charge on any atom is 0.359 e. The molecule has 7 heteroatoms. The highest BCUT2D eigenvalue weighted by molar-refractivity contribution is 5.89. The summed E-state index contributed by atoms with van der Waals surface area (Å²) < 4.78 is 5.22. The summed E-state index contributed by atoms with van der Waals surface area (Å²) in [4.78, 5) is 14.1. The third-order valence-corrected chi connectivity index (χ3v) is 5.24. The van der Waals surface area contributed by atoms with E-state index in [-0.39, 0.29) is 0 Å². The van der Waals surface area contributed by atoms with Crippen LogP contribution in [0.15, 0.2) is 42.5 Å². The summed E-state index contributed by atoms with van der Waals surface area (Å²) in [6.45, 7) is 6.75. The minimum atomic E-state index is 0.604. The molecule has 2 aromatic carbocycles. The third kappa shape index (κ3) is 4.46. The lowest BCUT2D eigenvalue weighted by Gasteiger charge is -2.20. The first-order valence-electron chi connectivity index (χ1n) is 10.00. The number of benzene rings is 2. The van der Waals surface area contributed by atoms with Gasteiger partial charge in [0, 0.05) is 10.9 Å². The predicted molar refractivity (Wildman–Crippen MR) is 114 cm³/mol. The number of nitrogens with zero attached hydrogens (tertiary/aromatic N) is 2. The van der Waals surface area contributed by atoms with Crippen LogP contribution in [-0.2, 0) is 13.0 Å². The lowest BCUT2D eigenvalue weighted by atomic mass is 10.1. The number of anilines is 1. The van der Waals surface area contributed by atoms with Gasteiger partial charge in [-0.3, -0.25) is 4.90 Å². The van der Waals surface area contributed by atoms with Gasteiger partial charge in [0.05, 0.1) is 18.3 Å². The van der Waals surface area contributed by atoms with Crippen LogP contribution in [0.2, 0.25) is 0 Å². The molecule has 4 N–H and O–H groups in total. The van der Waals surface area contributed by atoms with Gasteiger partial charge in [0.2, 0.25) is 0 Å². The average molecular weight is 393 g/mol. The average Bonchev–Trinajstić information content (AvgIpc) is 2.75. The van der Waals surface area contributed by atoms with Crippen molar-refractivity contribution >= 4 is 22.8 Å². The first-order valence-corrected chi connectivity index (χ1v) is 10.00. The van der Waals surface area contributed by atoms with E-state index < -0.39 is 0 Å². The molecule has 0 fully saturated rings.